The van der Waals surface area contributed by atoms with Crippen LogP contribution in [0.2, 0.25) is 0 Å². The maximum Gasteiger partial charge on any atom is 0.0726 e. The Hall–Kier alpha value is -1.06. The van der Waals surface area contributed by atoms with Gasteiger partial charge >= 0.3 is 0 Å². The van der Waals surface area contributed by atoms with Crippen molar-refractivity contribution in [2.75, 3.05) is 12.3 Å². The quantitative estimate of drug-likeness (QED) is 0.788. The monoisotopic (exact) mass is 234 g/mol. The summed E-state index contributed by atoms with van der Waals surface area (Å²) in [6.45, 7) is 8.07. The first-order chi connectivity index (χ1) is 8.01. The number of aryl methyl sites for hydroxylation is 1. The lowest BCUT2D eigenvalue weighted by molar-refractivity contribution is 0.0881. The molecule has 2 atom stereocenters. The van der Waals surface area contributed by atoms with Crippen molar-refractivity contribution in [3.8, 4) is 0 Å². The first-order valence-electron chi connectivity index (χ1n) is 6.23. The molecule has 2 unspecified atom stereocenters. The molecule has 1 aliphatic rings. The maximum atomic E-state index is 5.91. The highest BCUT2D eigenvalue weighted by molar-refractivity contribution is 5.48. The fraction of sp³-hybridized carbons (Fsp3) is 0.571. The molecule has 0 aliphatic carbocycles. The van der Waals surface area contributed by atoms with Gasteiger partial charge in [-0.05, 0) is 44.4 Å². The molecule has 1 saturated heterocycles. The number of hydrogen-bond acceptors (Lipinski definition) is 3. The zero-order valence-electron chi connectivity index (χ0n) is 10.9. The molecule has 17 heavy (non-hydrogen) atoms. The molecule has 0 radical (unpaired) electrons. The smallest absolute Gasteiger partial charge is 0.0726 e. The highest BCUT2D eigenvalue weighted by Gasteiger charge is 2.36. The van der Waals surface area contributed by atoms with Crippen LogP contribution in [0.4, 0.5) is 5.69 Å². The van der Waals surface area contributed by atoms with E-state index in [-0.39, 0.29) is 11.6 Å². The Balaban J connectivity index is 2.00. The summed E-state index contributed by atoms with van der Waals surface area (Å²) in [5, 5.41) is 3.59. The molecular formula is C14H22N2O. The molecule has 3 N–H and O–H groups in total. The molecule has 0 spiro atoms. The number of hydrogen-bond donors (Lipinski definition) is 2. The summed E-state index contributed by atoms with van der Waals surface area (Å²) in [4.78, 5) is 0. The second kappa shape index (κ2) is 4.67. The Kier molecular flexibility index (Phi) is 3.40. The van der Waals surface area contributed by atoms with Crippen molar-refractivity contribution in [2.45, 2.75) is 45.4 Å². The van der Waals surface area contributed by atoms with E-state index in [2.05, 4.69) is 31.3 Å². The van der Waals surface area contributed by atoms with Gasteiger partial charge in [0.15, 0.2) is 0 Å². The Labute approximate surface area is 103 Å². The summed E-state index contributed by atoms with van der Waals surface area (Å²) in [5.74, 6) is 0. The molecule has 1 heterocycles. The zero-order valence-corrected chi connectivity index (χ0v) is 10.9. The van der Waals surface area contributed by atoms with Crippen molar-refractivity contribution in [3.63, 3.8) is 0 Å². The Bertz CT molecular complexity index is 405. The minimum absolute atomic E-state index is 0.0830. The molecule has 1 aliphatic heterocycles. The highest BCUT2D eigenvalue weighted by atomic mass is 16.5. The number of anilines is 1. The van der Waals surface area contributed by atoms with Gasteiger partial charge in [-0.3, -0.25) is 0 Å². The summed E-state index contributed by atoms with van der Waals surface area (Å²) >= 11 is 0. The average molecular weight is 234 g/mol. The van der Waals surface area contributed by atoms with Crippen LogP contribution in [0.5, 0.6) is 0 Å². The average Bonchev–Trinajstić information content (AvgIpc) is 2.62. The van der Waals surface area contributed by atoms with Gasteiger partial charge in [0.05, 0.1) is 6.10 Å². The third-order valence-electron chi connectivity index (χ3n) is 3.93. The van der Waals surface area contributed by atoms with Crippen LogP contribution in [0.15, 0.2) is 18.2 Å². The summed E-state index contributed by atoms with van der Waals surface area (Å²) in [7, 11) is 0. The lowest BCUT2D eigenvalue weighted by atomic mass is 9.94. The van der Waals surface area contributed by atoms with Crippen molar-refractivity contribution >= 4 is 5.69 Å². The number of nitrogen functional groups attached to an aromatic ring is 1. The molecule has 1 aromatic carbocycles. The second-order valence-electron chi connectivity index (χ2n) is 5.22. The topological polar surface area (TPSA) is 47.3 Å². The number of ether oxygens (including phenoxy) is 1. The van der Waals surface area contributed by atoms with Crippen LogP contribution in [0, 0.1) is 6.92 Å². The second-order valence-corrected chi connectivity index (χ2v) is 5.22. The van der Waals surface area contributed by atoms with E-state index in [4.69, 9.17) is 10.5 Å². The third kappa shape index (κ3) is 2.61. The van der Waals surface area contributed by atoms with Gasteiger partial charge in [0.2, 0.25) is 0 Å². The lowest BCUT2D eigenvalue weighted by Gasteiger charge is -2.29. The molecule has 0 amide bonds. The first kappa shape index (κ1) is 12.4. The van der Waals surface area contributed by atoms with E-state index < -0.39 is 0 Å². The minimum atomic E-state index is 0.0830. The highest BCUT2D eigenvalue weighted by Crippen LogP contribution is 2.25. The van der Waals surface area contributed by atoms with Gasteiger partial charge in [-0.25, -0.2) is 0 Å². The van der Waals surface area contributed by atoms with E-state index in [1.807, 2.05) is 13.0 Å². The van der Waals surface area contributed by atoms with Gasteiger partial charge < -0.3 is 15.8 Å². The van der Waals surface area contributed by atoms with E-state index in [0.29, 0.717) is 0 Å². The van der Waals surface area contributed by atoms with E-state index in [0.717, 1.165) is 30.8 Å². The van der Waals surface area contributed by atoms with Crippen LogP contribution in [0.1, 0.15) is 31.4 Å². The fourth-order valence-corrected chi connectivity index (χ4v) is 2.17. The fourth-order valence-electron chi connectivity index (χ4n) is 2.17. The molecule has 0 saturated carbocycles. The van der Waals surface area contributed by atoms with Crippen LogP contribution < -0.4 is 11.1 Å². The molecule has 0 aromatic heterocycles. The summed E-state index contributed by atoms with van der Waals surface area (Å²) in [6, 6.07) is 6.25. The van der Waals surface area contributed by atoms with Crippen LogP contribution >= 0.6 is 0 Å². The SMILES string of the molecule is Cc1ccc(CNC2(C)CCOC2C)cc1N. The molecule has 3 heteroatoms. The van der Waals surface area contributed by atoms with Crippen molar-refractivity contribution in [1.29, 1.82) is 0 Å². The number of nitrogens with one attached hydrogen (secondary N) is 1. The molecule has 3 nitrogen and oxygen atoms in total. The molecular weight excluding hydrogens is 212 g/mol. The third-order valence-corrected chi connectivity index (χ3v) is 3.93. The predicted octanol–water partition coefficient (Wildman–Crippen LogP) is 2.23. The molecule has 94 valence electrons. The van der Waals surface area contributed by atoms with E-state index in [1.165, 1.54) is 5.56 Å². The molecule has 1 fully saturated rings. The number of benzene rings is 1. The number of nitrogens with two attached hydrogens (primary N) is 1. The summed E-state index contributed by atoms with van der Waals surface area (Å²) in [5.41, 5.74) is 9.23. The van der Waals surface area contributed by atoms with Gasteiger partial charge in [-0.1, -0.05) is 12.1 Å². The van der Waals surface area contributed by atoms with E-state index in [9.17, 15) is 0 Å². The van der Waals surface area contributed by atoms with Gasteiger partial charge in [0.25, 0.3) is 0 Å². The van der Waals surface area contributed by atoms with E-state index >= 15 is 0 Å². The van der Waals surface area contributed by atoms with Crippen molar-refractivity contribution in [3.05, 3.63) is 29.3 Å². The first-order valence-corrected chi connectivity index (χ1v) is 6.23. The Morgan fingerprint density at radius 2 is 2.29 bits per heavy atom. The van der Waals surface area contributed by atoms with Crippen molar-refractivity contribution in [1.82, 2.24) is 5.32 Å². The zero-order chi connectivity index (χ0) is 12.5. The lowest BCUT2D eigenvalue weighted by Crippen LogP contribution is -2.47. The van der Waals surface area contributed by atoms with Gasteiger partial charge in [0, 0.05) is 24.4 Å². The number of rotatable bonds is 3. The maximum absolute atomic E-state index is 5.91. The summed E-state index contributed by atoms with van der Waals surface area (Å²) < 4.78 is 5.61. The van der Waals surface area contributed by atoms with E-state index in [1.54, 1.807) is 0 Å². The van der Waals surface area contributed by atoms with Crippen LogP contribution in [-0.4, -0.2) is 18.2 Å². The van der Waals surface area contributed by atoms with Crippen molar-refractivity contribution < 1.29 is 4.74 Å². The Morgan fingerprint density at radius 1 is 1.53 bits per heavy atom. The summed E-state index contributed by atoms with van der Waals surface area (Å²) in [6.07, 6.45) is 1.33. The van der Waals surface area contributed by atoms with Crippen molar-refractivity contribution in [2.24, 2.45) is 0 Å². The standard InChI is InChI=1S/C14H22N2O/c1-10-4-5-12(8-13(10)15)9-16-14(3)6-7-17-11(14)2/h4-5,8,11,16H,6-7,9,15H2,1-3H3. The largest absolute Gasteiger partial charge is 0.399 e. The molecule has 2 rings (SSSR count). The van der Waals surface area contributed by atoms with Crippen LogP contribution in [0.25, 0.3) is 0 Å². The molecule has 1 aromatic rings. The predicted molar refractivity (Wildman–Crippen MR) is 70.9 cm³/mol. The molecule has 0 bridgehead atoms. The normalized spacial score (nSPS) is 28.5. The van der Waals surface area contributed by atoms with Crippen LogP contribution in [-0.2, 0) is 11.3 Å². The Morgan fingerprint density at radius 3 is 2.88 bits per heavy atom. The van der Waals surface area contributed by atoms with Gasteiger partial charge in [0.1, 0.15) is 0 Å². The van der Waals surface area contributed by atoms with Gasteiger partial charge in [-0.2, -0.15) is 0 Å². The minimum Gasteiger partial charge on any atom is -0.399 e. The van der Waals surface area contributed by atoms with Gasteiger partial charge in [-0.15, -0.1) is 0 Å². The van der Waals surface area contributed by atoms with Crippen LogP contribution in [0.3, 0.4) is 0 Å².